The maximum Gasteiger partial charge on any atom is 0.273 e. The van der Waals surface area contributed by atoms with E-state index in [1.165, 1.54) is 5.56 Å². The van der Waals surface area contributed by atoms with E-state index in [2.05, 4.69) is 32.9 Å². The van der Waals surface area contributed by atoms with Crippen molar-refractivity contribution >= 4 is 16.8 Å². The maximum atomic E-state index is 12.5. The second-order valence-corrected chi connectivity index (χ2v) is 7.43. The van der Waals surface area contributed by atoms with Crippen LogP contribution in [-0.4, -0.2) is 36.7 Å². The molecule has 1 aromatic carbocycles. The Balaban J connectivity index is 1.44. The normalized spacial score (nSPS) is 20.1. The zero-order chi connectivity index (χ0) is 19.0. The molecule has 0 aliphatic heterocycles. The summed E-state index contributed by atoms with van der Waals surface area (Å²) in [5, 5.41) is 16.7. The van der Waals surface area contributed by atoms with Crippen LogP contribution in [0.4, 0.5) is 0 Å². The number of nitrogens with one attached hydrogen (secondary N) is 1. The highest BCUT2D eigenvalue weighted by molar-refractivity contribution is 5.92. The Bertz CT molecular complexity index is 966. The van der Waals surface area contributed by atoms with E-state index in [0.717, 1.165) is 42.3 Å². The van der Waals surface area contributed by atoms with Crippen molar-refractivity contribution in [3.05, 3.63) is 41.3 Å². The quantitative estimate of drug-likeness (QED) is 0.732. The minimum Gasteiger partial charge on any atom is -0.345 e. The molecule has 27 heavy (non-hydrogen) atoms. The number of amides is 1. The molecule has 1 saturated carbocycles. The predicted molar refractivity (Wildman–Crippen MR) is 102 cm³/mol. The molecule has 8 nitrogen and oxygen atoms in total. The third-order valence-corrected chi connectivity index (χ3v) is 5.36. The summed E-state index contributed by atoms with van der Waals surface area (Å²) in [7, 11) is 1.91. The van der Waals surface area contributed by atoms with Gasteiger partial charge in [0.25, 0.3) is 5.91 Å². The fourth-order valence-corrected chi connectivity index (χ4v) is 3.76. The lowest BCUT2D eigenvalue weighted by molar-refractivity contribution is 0.0945. The number of carbonyl (C=O) groups is 1. The van der Waals surface area contributed by atoms with Gasteiger partial charge < -0.3 is 11.1 Å². The maximum absolute atomic E-state index is 12.5. The smallest absolute Gasteiger partial charge is 0.273 e. The highest BCUT2D eigenvalue weighted by Gasteiger charge is 2.22. The molecule has 8 heteroatoms. The molecule has 0 unspecified atom stereocenters. The number of aryl methyl sites for hydroxylation is 2. The monoisotopic (exact) mass is 367 g/mol. The van der Waals surface area contributed by atoms with Crippen LogP contribution in [-0.2, 0) is 13.6 Å². The Hall–Kier alpha value is -2.74. The molecule has 1 amide bonds. The molecule has 3 aromatic rings. The summed E-state index contributed by atoms with van der Waals surface area (Å²) in [6, 6.07) is 6.76. The number of carbonyl (C=O) groups excluding carboxylic acids is 1. The Morgan fingerprint density at radius 3 is 2.85 bits per heavy atom. The van der Waals surface area contributed by atoms with Crippen LogP contribution in [0.1, 0.15) is 53.5 Å². The van der Waals surface area contributed by atoms with Crippen LogP contribution >= 0.6 is 0 Å². The van der Waals surface area contributed by atoms with Crippen molar-refractivity contribution in [1.29, 1.82) is 0 Å². The molecule has 0 radical (unpaired) electrons. The Kier molecular flexibility index (Phi) is 4.65. The largest absolute Gasteiger partial charge is 0.345 e. The Morgan fingerprint density at radius 2 is 2.07 bits per heavy atom. The fourth-order valence-electron chi connectivity index (χ4n) is 3.76. The van der Waals surface area contributed by atoms with Gasteiger partial charge in [0.2, 0.25) is 0 Å². The summed E-state index contributed by atoms with van der Waals surface area (Å²) in [6.45, 7) is 2.40. The number of hydrogen-bond donors (Lipinski definition) is 2. The molecule has 142 valence electrons. The average Bonchev–Trinajstić information content (AvgIpc) is 3.26. The van der Waals surface area contributed by atoms with Crippen LogP contribution in [0.2, 0.25) is 0 Å². The molecular formula is C19H25N7O. The highest BCUT2D eigenvalue weighted by atomic mass is 16.2. The van der Waals surface area contributed by atoms with Crippen LogP contribution in [0.3, 0.4) is 0 Å². The number of rotatable bonds is 4. The number of aromatic nitrogens is 5. The van der Waals surface area contributed by atoms with Gasteiger partial charge in [-0.2, -0.15) is 5.10 Å². The number of hydrogen-bond acceptors (Lipinski definition) is 5. The van der Waals surface area contributed by atoms with E-state index in [9.17, 15) is 4.79 Å². The Morgan fingerprint density at radius 1 is 1.30 bits per heavy atom. The van der Waals surface area contributed by atoms with Crippen LogP contribution < -0.4 is 11.1 Å². The molecule has 1 aliphatic rings. The molecule has 2 aromatic heterocycles. The molecule has 1 fully saturated rings. The molecular weight excluding hydrogens is 342 g/mol. The lowest BCUT2D eigenvalue weighted by Crippen LogP contribution is -2.28. The first kappa shape index (κ1) is 17.7. The first-order chi connectivity index (χ1) is 13.0. The van der Waals surface area contributed by atoms with Gasteiger partial charge in [-0.3, -0.25) is 9.48 Å². The zero-order valence-electron chi connectivity index (χ0n) is 15.7. The molecule has 1 aliphatic carbocycles. The summed E-state index contributed by atoms with van der Waals surface area (Å²) in [6.07, 6.45) is 5.66. The molecule has 0 saturated heterocycles. The lowest BCUT2D eigenvalue weighted by Gasteiger charge is -2.25. The molecule has 0 spiro atoms. The van der Waals surface area contributed by atoms with Gasteiger partial charge in [-0.1, -0.05) is 16.8 Å². The van der Waals surface area contributed by atoms with Crippen molar-refractivity contribution in [3.8, 4) is 0 Å². The van der Waals surface area contributed by atoms with Crippen LogP contribution in [0.25, 0.3) is 10.9 Å². The summed E-state index contributed by atoms with van der Waals surface area (Å²) >= 11 is 0. The van der Waals surface area contributed by atoms with Gasteiger partial charge in [-0.25, -0.2) is 4.68 Å². The van der Waals surface area contributed by atoms with E-state index in [1.807, 2.05) is 24.7 Å². The predicted octanol–water partition coefficient (Wildman–Crippen LogP) is 1.85. The standard InChI is InChI=1S/C19H25N7O/c1-12-3-8-18-15(9-12)16(23-25(18)2)10-21-19(27)17-11-26(24-22-17)14-6-4-13(20)5-7-14/h3,8-9,11,13-14H,4-7,10,20H2,1-2H3,(H,21,27). The van der Waals surface area contributed by atoms with Crippen molar-refractivity contribution in [2.75, 3.05) is 0 Å². The molecule has 3 N–H and O–H groups in total. The summed E-state index contributed by atoms with van der Waals surface area (Å²) in [5.41, 5.74) is 9.35. The third kappa shape index (κ3) is 3.57. The van der Waals surface area contributed by atoms with E-state index < -0.39 is 0 Å². The lowest BCUT2D eigenvalue weighted by atomic mass is 9.92. The molecule has 2 heterocycles. The van der Waals surface area contributed by atoms with E-state index in [1.54, 1.807) is 10.9 Å². The number of nitrogens with two attached hydrogens (primary N) is 1. The van der Waals surface area contributed by atoms with E-state index >= 15 is 0 Å². The van der Waals surface area contributed by atoms with E-state index in [-0.39, 0.29) is 18.0 Å². The average molecular weight is 367 g/mol. The first-order valence-corrected chi connectivity index (χ1v) is 9.39. The zero-order valence-corrected chi connectivity index (χ0v) is 15.7. The van der Waals surface area contributed by atoms with Gasteiger partial charge in [0.1, 0.15) is 0 Å². The van der Waals surface area contributed by atoms with Gasteiger partial charge in [0, 0.05) is 18.5 Å². The van der Waals surface area contributed by atoms with Gasteiger partial charge in [0.05, 0.1) is 30.0 Å². The van der Waals surface area contributed by atoms with E-state index in [0.29, 0.717) is 12.2 Å². The van der Waals surface area contributed by atoms with Gasteiger partial charge in [0.15, 0.2) is 5.69 Å². The fraction of sp³-hybridized carbons (Fsp3) is 0.474. The van der Waals surface area contributed by atoms with Crippen molar-refractivity contribution < 1.29 is 4.79 Å². The van der Waals surface area contributed by atoms with Crippen LogP contribution in [0.15, 0.2) is 24.4 Å². The number of nitrogens with zero attached hydrogens (tertiary/aromatic N) is 5. The van der Waals surface area contributed by atoms with Crippen molar-refractivity contribution in [2.24, 2.45) is 12.8 Å². The van der Waals surface area contributed by atoms with E-state index in [4.69, 9.17) is 5.73 Å². The minimum atomic E-state index is -0.236. The second-order valence-electron chi connectivity index (χ2n) is 7.43. The van der Waals surface area contributed by atoms with Gasteiger partial charge in [-0.05, 0) is 44.7 Å². The van der Waals surface area contributed by atoms with Crippen LogP contribution in [0.5, 0.6) is 0 Å². The molecule has 4 rings (SSSR count). The number of benzene rings is 1. The van der Waals surface area contributed by atoms with Gasteiger partial charge in [-0.15, -0.1) is 5.10 Å². The first-order valence-electron chi connectivity index (χ1n) is 9.39. The number of fused-ring (bicyclic) bond motifs is 1. The van der Waals surface area contributed by atoms with Gasteiger partial charge >= 0.3 is 0 Å². The molecule has 0 bridgehead atoms. The summed E-state index contributed by atoms with van der Waals surface area (Å²) < 4.78 is 3.64. The molecule has 0 atom stereocenters. The van der Waals surface area contributed by atoms with Crippen molar-refractivity contribution in [3.63, 3.8) is 0 Å². The van der Waals surface area contributed by atoms with Crippen molar-refractivity contribution in [1.82, 2.24) is 30.1 Å². The van der Waals surface area contributed by atoms with Crippen molar-refractivity contribution in [2.45, 2.75) is 51.2 Å². The second kappa shape index (κ2) is 7.11. The summed E-state index contributed by atoms with van der Waals surface area (Å²) in [4.78, 5) is 12.5. The Labute approximate surface area is 157 Å². The third-order valence-electron chi connectivity index (χ3n) is 5.36. The highest BCUT2D eigenvalue weighted by Crippen LogP contribution is 2.26. The topological polar surface area (TPSA) is 104 Å². The van der Waals surface area contributed by atoms with Crippen LogP contribution in [0, 0.1) is 6.92 Å². The minimum absolute atomic E-state index is 0.236. The summed E-state index contributed by atoms with van der Waals surface area (Å²) in [5.74, 6) is -0.236. The SMILES string of the molecule is Cc1ccc2c(c1)c(CNC(=O)c1cn(C3CCC(N)CC3)nn1)nn2C.